The van der Waals surface area contributed by atoms with Crippen molar-refractivity contribution in [1.82, 2.24) is 5.32 Å². The molecule has 0 bridgehead atoms. The Bertz CT molecular complexity index is 146. The normalized spacial score (nSPS) is 12.2. The third kappa shape index (κ3) is 3.03. The molecule has 0 spiro atoms. The predicted molar refractivity (Wildman–Crippen MR) is 33.9 cm³/mol. The van der Waals surface area contributed by atoms with Crippen molar-refractivity contribution in [2.24, 2.45) is 5.73 Å². The number of amides is 2. The number of hydrogen-bond acceptors (Lipinski definition) is 3. The first-order valence-electron chi connectivity index (χ1n) is 2.75. The van der Waals surface area contributed by atoms with Crippen LogP contribution in [0.25, 0.3) is 0 Å². The Morgan fingerprint density at radius 1 is 1.70 bits per heavy atom. The van der Waals surface area contributed by atoms with Crippen molar-refractivity contribution >= 4 is 11.8 Å². The van der Waals surface area contributed by atoms with E-state index in [0.717, 1.165) is 0 Å². The van der Waals surface area contributed by atoms with E-state index in [1.807, 2.05) is 0 Å². The van der Waals surface area contributed by atoms with E-state index >= 15 is 0 Å². The first-order valence-corrected chi connectivity index (χ1v) is 2.75. The molecule has 0 aromatic carbocycles. The average molecular weight is 146 g/mol. The number of carbonyl (C=O) groups is 2. The molecule has 2 amide bonds. The molecular weight excluding hydrogens is 136 g/mol. The Balaban J connectivity index is 3.83. The van der Waals surface area contributed by atoms with Gasteiger partial charge in [-0.25, -0.2) is 0 Å². The standard InChI is InChI=1S/C5H10N2O3/c1-3(9)7-4(2-8)5(6)10/h4,8H,2H2,1H3,(H2,6,10)(H,7,9)/t4-/m1/s1. The lowest BCUT2D eigenvalue weighted by Gasteiger charge is -2.09. The highest BCUT2D eigenvalue weighted by atomic mass is 16.3. The predicted octanol–water partition coefficient (Wildman–Crippen LogP) is -2.03. The summed E-state index contributed by atoms with van der Waals surface area (Å²) in [6.07, 6.45) is 0. The van der Waals surface area contributed by atoms with Crippen molar-refractivity contribution in [3.63, 3.8) is 0 Å². The van der Waals surface area contributed by atoms with E-state index in [4.69, 9.17) is 10.8 Å². The van der Waals surface area contributed by atoms with Crippen LogP contribution in [0.4, 0.5) is 0 Å². The fraction of sp³-hybridized carbons (Fsp3) is 0.600. The molecule has 1 atom stereocenters. The molecule has 0 saturated heterocycles. The Kier molecular flexibility index (Phi) is 3.42. The number of rotatable bonds is 3. The molecule has 0 aliphatic carbocycles. The number of hydrogen-bond donors (Lipinski definition) is 3. The summed E-state index contributed by atoms with van der Waals surface area (Å²) in [4.78, 5) is 20.6. The molecule has 0 fully saturated rings. The molecule has 0 rings (SSSR count). The molecule has 0 saturated carbocycles. The van der Waals surface area contributed by atoms with Gasteiger partial charge >= 0.3 is 0 Å². The van der Waals surface area contributed by atoms with Crippen LogP contribution in [-0.4, -0.2) is 29.6 Å². The van der Waals surface area contributed by atoms with Crippen LogP contribution in [0, 0.1) is 0 Å². The van der Waals surface area contributed by atoms with Crippen LogP contribution in [0.1, 0.15) is 6.92 Å². The quantitative estimate of drug-likeness (QED) is 0.428. The van der Waals surface area contributed by atoms with Gasteiger partial charge in [0.15, 0.2) is 0 Å². The van der Waals surface area contributed by atoms with E-state index in [0.29, 0.717) is 0 Å². The van der Waals surface area contributed by atoms with Crippen LogP contribution >= 0.6 is 0 Å². The first kappa shape index (κ1) is 8.90. The highest BCUT2D eigenvalue weighted by molar-refractivity contribution is 5.85. The molecule has 0 unspecified atom stereocenters. The monoisotopic (exact) mass is 146 g/mol. The summed E-state index contributed by atoms with van der Waals surface area (Å²) in [5.41, 5.74) is 4.78. The van der Waals surface area contributed by atoms with Crippen molar-refractivity contribution in [1.29, 1.82) is 0 Å². The minimum Gasteiger partial charge on any atom is -0.394 e. The summed E-state index contributed by atoms with van der Waals surface area (Å²) < 4.78 is 0. The molecule has 10 heavy (non-hydrogen) atoms. The lowest BCUT2D eigenvalue weighted by atomic mass is 10.3. The van der Waals surface area contributed by atoms with Crippen molar-refractivity contribution in [3.05, 3.63) is 0 Å². The van der Waals surface area contributed by atoms with E-state index in [1.54, 1.807) is 0 Å². The summed E-state index contributed by atoms with van der Waals surface area (Å²) >= 11 is 0. The maximum absolute atomic E-state index is 10.3. The zero-order chi connectivity index (χ0) is 8.15. The third-order valence-electron chi connectivity index (χ3n) is 0.904. The SMILES string of the molecule is CC(=O)N[C@H](CO)C(N)=O. The number of carbonyl (C=O) groups excluding carboxylic acids is 2. The lowest BCUT2D eigenvalue weighted by molar-refractivity contribution is -0.127. The van der Waals surface area contributed by atoms with E-state index in [-0.39, 0.29) is 0 Å². The van der Waals surface area contributed by atoms with Crippen molar-refractivity contribution in [2.45, 2.75) is 13.0 Å². The molecule has 5 nitrogen and oxygen atoms in total. The van der Waals surface area contributed by atoms with Gasteiger partial charge in [-0.15, -0.1) is 0 Å². The average Bonchev–Trinajstić information content (AvgIpc) is 1.81. The van der Waals surface area contributed by atoms with Crippen molar-refractivity contribution in [2.75, 3.05) is 6.61 Å². The molecule has 0 aromatic rings. The smallest absolute Gasteiger partial charge is 0.242 e. The molecule has 0 aromatic heterocycles. The lowest BCUT2D eigenvalue weighted by Crippen LogP contribution is -2.45. The van der Waals surface area contributed by atoms with Gasteiger partial charge < -0.3 is 16.2 Å². The Labute approximate surface area is 58.2 Å². The van der Waals surface area contributed by atoms with Gasteiger partial charge in [0.05, 0.1) is 6.61 Å². The second-order valence-corrected chi connectivity index (χ2v) is 1.84. The van der Waals surface area contributed by atoms with Gasteiger partial charge in [-0.05, 0) is 0 Å². The van der Waals surface area contributed by atoms with Gasteiger partial charge in [0, 0.05) is 6.92 Å². The highest BCUT2D eigenvalue weighted by Crippen LogP contribution is 1.78. The molecule has 0 heterocycles. The minimum atomic E-state index is -0.961. The molecule has 0 radical (unpaired) electrons. The number of nitrogens with one attached hydrogen (secondary N) is 1. The zero-order valence-corrected chi connectivity index (χ0v) is 5.63. The van der Waals surface area contributed by atoms with E-state index in [2.05, 4.69) is 5.32 Å². The zero-order valence-electron chi connectivity index (χ0n) is 5.63. The van der Waals surface area contributed by atoms with Crippen LogP contribution in [0.15, 0.2) is 0 Å². The van der Waals surface area contributed by atoms with Gasteiger partial charge in [0.2, 0.25) is 11.8 Å². The summed E-state index contributed by atoms with van der Waals surface area (Å²) in [6, 6.07) is -0.961. The van der Waals surface area contributed by atoms with E-state index in [9.17, 15) is 9.59 Å². The molecule has 0 aliphatic rings. The number of aliphatic hydroxyl groups is 1. The first-order chi connectivity index (χ1) is 4.57. The Morgan fingerprint density at radius 3 is 2.30 bits per heavy atom. The number of primary amides is 1. The van der Waals surface area contributed by atoms with Gasteiger partial charge in [-0.3, -0.25) is 9.59 Å². The highest BCUT2D eigenvalue weighted by Gasteiger charge is 2.13. The van der Waals surface area contributed by atoms with Gasteiger partial charge in [0.1, 0.15) is 6.04 Å². The fourth-order valence-electron chi connectivity index (χ4n) is 0.452. The van der Waals surface area contributed by atoms with Crippen LogP contribution in [0.5, 0.6) is 0 Å². The van der Waals surface area contributed by atoms with Crippen LogP contribution in [0.3, 0.4) is 0 Å². The van der Waals surface area contributed by atoms with Crippen LogP contribution in [0.2, 0.25) is 0 Å². The van der Waals surface area contributed by atoms with Gasteiger partial charge in [0.25, 0.3) is 0 Å². The van der Waals surface area contributed by atoms with Gasteiger partial charge in [-0.1, -0.05) is 0 Å². The van der Waals surface area contributed by atoms with Crippen molar-refractivity contribution < 1.29 is 14.7 Å². The second-order valence-electron chi connectivity index (χ2n) is 1.84. The third-order valence-corrected chi connectivity index (χ3v) is 0.904. The van der Waals surface area contributed by atoms with Crippen LogP contribution < -0.4 is 11.1 Å². The Morgan fingerprint density at radius 2 is 2.20 bits per heavy atom. The maximum Gasteiger partial charge on any atom is 0.242 e. The summed E-state index contributed by atoms with van der Waals surface area (Å²) in [7, 11) is 0. The van der Waals surface area contributed by atoms with Crippen molar-refractivity contribution in [3.8, 4) is 0 Å². The topological polar surface area (TPSA) is 92.4 Å². The van der Waals surface area contributed by atoms with E-state index in [1.165, 1.54) is 6.92 Å². The van der Waals surface area contributed by atoms with Gasteiger partial charge in [-0.2, -0.15) is 0 Å². The number of nitrogens with two attached hydrogens (primary N) is 1. The number of aliphatic hydroxyl groups excluding tert-OH is 1. The molecule has 0 aliphatic heterocycles. The largest absolute Gasteiger partial charge is 0.394 e. The minimum absolute atomic E-state index is 0.391. The molecule has 4 N–H and O–H groups in total. The van der Waals surface area contributed by atoms with Crippen LogP contribution in [-0.2, 0) is 9.59 Å². The summed E-state index contributed by atoms with van der Waals surface area (Å²) in [5, 5.41) is 10.6. The molecule has 5 heteroatoms. The Hall–Kier alpha value is -1.10. The fourth-order valence-corrected chi connectivity index (χ4v) is 0.452. The van der Waals surface area contributed by atoms with E-state index < -0.39 is 24.5 Å². The summed E-state index contributed by atoms with van der Waals surface area (Å²) in [6.45, 7) is 0.778. The molecule has 58 valence electrons. The molecular formula is C5H10N2O3. The second kappa shape index (κ2) is 3.84. The summed E-state index contributed by atoms with van der Waals surface area (Å²) in [5.74, 6) is -1.13. The maximum atomic E-state index is 10.3.